The molecule has 0 bridgehead atoms. The highest BCUT2D eigenvalue weighted by Gasteiger charge is 2.16. The topological polar surface area (TPSA) is 67.2 Å². The van der Waals surface area contributed by atoms with Gasteiger partial charge in [-0.15, -0.1) is 0 Å². The second kappa shape index (κ2) is 10.2. The highest BCUT2D eigenvalue weighted by atomic mass is 16.2. The molecule has 0 saturated heterocycles. The molecule has 0 aliphatic carbocycles. The van der Waals surface area contributed by atoms with Crippen LogP contribution in [0.15, 0.2) is 53.3 Å². The Bertz CT molecular complexity index is 1050. The van der Waals surface area contributed by atoms with Crippen molar-refractivity contribution in [1.29, 1.82) is 0 Å². The number of nitrogens with zero attached hydrogens (tertiary/aromatic N) is 3. The Morgan fingerprint density at radius 2 is 1.67 bits per heavy atom. The molecule has 0 atom stereocenters. The zero-order chi connectivity index (χ0) is 21.5. The van der Waals surface area contributed by atoms with E-state index in [-0.39, 0.29) is 11.5 Å². The van der Waals surface area contributed by atoms with Gasteiger partial charge in [0.15, 0.2) is 5.69 Å². The number of carbonyl (C=O) groups excluding carboxylic acids is 1. The van der Waals surface area contributed by atoms with Crippen LogP contribution in [0.5, 0.6) is 0 Å². The second-order valence-electron chi connectivity index (χ2n) is 7.87. The molecule has 0 aliphatic rings. The number of carbonyl (C=O) groups is 1. The Morgan fingerprint density at radius 3 is 2.33 bits per heavy atom. The van der Waals surface area contributed by atoms with Crippen molar-refractivity contribution < 1.29 is 4.79 Å². The zero-order valence-electron chi connectivity index (χ0n) is 18.0. The van der Waals surface area contributed by atoms with Crippen molar-refractivity contribution in [2.45, 2.75) is 45.8 Å². The standard InChI is InChI=1S/C24H30N4O2/c1-4-5-8-15-28-24(30)21-10-7-6-9-20(21)22(26-28)23(29)25-16-18-11-13-19(14-12-18)17-27(2)3/h6-7,9-14H,4-5,8,15-17H2,1-3H3,(H,25,29). The van der Waals surface area contributed by atoms with Crippen molar-refractivity contribution >= 4 is 16.7 Å². The Hall–Kier alpha value is -2.99. The Balaban J connectivity index is 1.80. The first-order chi connectivity index (χ1) is 14.5. The number of hydrogen-bond acceptors (Lipinski definition) is 4. The van der Waals surface area contributed by atoms with Gasteiger partial charge in [-0.1, -0.05) is 62.2 Å². The van der Waals surface area contributed by atoms with Crippen LogP contribution in [0.2, 0.25) is 0 Å². The summed E-state index contributed by atoms with van der Waals surface area (Å²) in [5.74, 6) is -0.271. The van der Waals surface area contributed by atoms with Gasteiger partial charge in [0.05, 0.1) is 5.39 Å². The molecule has 2 aromatic carbocycles. The molecule has 3 rings (SSSR count). The fourth-order valence-electron chi connectivity index (χ4n) is 3.46. The van der Waals surface area contributed by atoms with E-state index < -0.39 is 0 Å². The molecular formula is C24H30N4O2. The maximum atomic E-state index is 12.9. The van der Waals surface area contributed by atoms with E-state index >= 15 is 0 Å². The summed E-state index contributed by atoms with van der Waals surface area (Å²) in [6.45, 7) is 3.92. The van der Waals surface area contributed by atoms with Gasteiger partial charge in [0.25, 0.3) is 11.5 Å². The quantitative estimate of drug-likeness (QED) is 0.552. The molecule has 6 heteroatoms. The van der Waals surface area contributed by atoms with Crippen molar-refractivity contribution in [2.75, 3.05) is 14.1 Å². The molecule has 30 heavy (non-hydrogen) atoms. The van der Waals surface area contributed by atoms with Crippen LogP contribution in [-0.4, -0.2) is 34.7 Å². The largest absolute Gasteiger partial charge is 0.347 e. The van der Waals surface area contributed by atoms with Crippen molar-refractivity contribution in [3.05, 3.63) is 75.7 Å². The summed E-state index contributed by atoms with van der Waals surface area (Å²) >= 11 is 0. The van der Waals surface area contributed by atoms with E-state index in [1.54, 1.807) is 12.1 Å². The van der Waals surface area contributed by atoms with Crippen molar-refractivity contribution in [3.8, 4) is 0 Å². The van der Waals surface area contributed by atoms with Crippen LogP contribution in [0.3, 0.4) is 0 Å². The number of fused-ring (bicyclic) bond motifs is 1. The van der Waals surface area contributed by atoms with E-state index in [1.165, 1.54) is 10.2 Å². The number of hydrogen-bond donors (Lipinski definition) is 1. The van der Waals surface area contributed by atoms with Crippen molar-refractivity contribution in [1.82, 2.24) is 20.0 Å². The van der Waals surface area contributed by atoms with E-state index in [0.29, 0.717) is 29.6 Å². The normalized spacial score (nSPS) is 11.2. The Labute approximate surface area is 177 Å². The average Bonchev–Trinajstić information content (AvgIpc) is 2.74. The van der Waals surface area contributed by atoms with Gasteiger partial charge in [-0.25, -0.2) is 4.68 Å². The molecule has 0 saturated carbocycles. The number of unbranched alkanes of at least 4 members (excludes halogenated alkanes) is 2. The molecule has 6 nitrogen and oxygen atoms in total. The summed E-state index contributed by atoms with van der Waals surface area (Å²) in [5, 5.41) is 8.49. The predicted octanol–water partition coefficient (Wildman–Crippen LogP) is 3.58. The molecule has 1 aromatic heterocycles. The van der Waals surface area contributed by atoms with E-state index in [2.05, 4.69) is 34.4 Å². The van der Waals surface area contributed by atoms with Crippen LogP contribution in [0.1, 0.15) is 47.8 Å². The van der Waals surface area contributed by atoms with Gasteiger partial charge in [0.1, 0.15) is 0 Å². The van der Waals surface area contributed by atoms with Gasteiger partial charge < -0.3 is 10.2 Å². The highest BCUT2D eigenvalue weighted by molar-refractivity contribution is 6.04. The summed E-state index contributed by atoms with van der Waals surface area (Å²) in [6, 6.07) is 15.4. The number of nitrogens with one attached hydrogen (secondary N) is 1. The predicted molar refractivity (Wildman–Crippen MR) is 121 cm³/mol. The molecule has 0 spiro atoms. The van der Waals surface area contributed by atoms with E-state index in [1.807, 2.05) is 38.4 Å². The molecule has 0 unspecified atom stereocenters. The summed E-state index contributed by atoms with van der Waals surface area (Å²) < 4.78 is 1.43. The molecule has 1 amide bonds. The maximum absolute atomic E-state index is 12.9. The SMILES string of the molecule is CCCCCn1nc(C(=O)NCc2ccc(CN(C)C)cc2)c2ccccc2c1=O. The van der Waals surface area contributed by atoms with Gasteiger partial charge in [-0.3, -0.25) is 9.59 Å². The second-order valence-corrected chi connectivity index (χ2v) is 7.87. The van der Waals surface area contributed by atoms with Gasteiger partial charge in [-0.2, -0.15) is 5.10 Å². The van der Waals surface area contributed by atoms with Gasteiger partial charge in [0, 0.05) is 25.0 Å². The molecule has 0 fully saturated rings. The average molecular weight is 407 g/mol. The van der Waals surface area contributed by atoms with Crippen LogP contribution in [-0.2, 0) is 19.6 Å². The lowest BCUT2D eigenvalue weighted by Gasteiger charge is -2.12. The first-order valence-electron chi connectivity index (χ1n) is 10.5. The molecule has 3 aromatic rings. The fourth-order valence-corrected chi connectivity index (χ4v) is 3.46. The van der Waals surface area contributed by atoms with Crippen LogP contribution >= 0.6 is 0 Å². The fraction of sp³-hybridized carbons (Fsp3) is 0.375. The number of rotatable bonds is 9. The molecular weight excluding hydrogens is 376 g/mol. The molecule has 1 heterocycles. The van der Waals surface area contributed by atoms with Gasteiger partial charge in [-0.05, 0) is 37.7 Å². The van der Waals surface area contributed by atoms with Crippen molar-refractivity contribution in [2.24, 2.45) is 0 Å². The van der Waals surface area contributed by atoms with Crippen LogP contribution in [0, 0.1) is 0 Å². The number of amides is 1. The smallest absolute Gasteiger partial charge is 0.274 e. The minimum atomic E-state index is -0.271. The van der Waals surface area contributed by atoms with E-state index in [0.717, 1.165) is 31.4 Å². The van der Waals surface area contributed by atoms with Crippen molar-refractivity contribution in [3.63, 3.8) is 0 Å². The van der Waals surface area contributed by atoms with E-state index in [4.69, 9.17) is 0 Å². The first kappa shape index (κ1) is 21.7. The van der Waals surface area contributed by atoms with Crippen LogP contribution in [0.4, 0.5) is 0 Å². The summed E-state index contributed by atoms with van der Waals surface area (Å²) in [6.07, 6.45) is 2.94. The van der Waals surface area contributed by atoms with Crippen LogP contribution in [0.25, 0.3) is 10.8 Å². The van der Waals surface area contributed by atoms with Crippen LogP contribution < -0.4 is 10.9 Å². The monoisotopic (exact) mass is 406 g/mol. The van der Waals surface area contributed by atoms with Gasteiger partial charge >= 0.3 is 0 Å². The summed E-state index contributed by atoms with van der Waals surface area (Å²) in [7, 11) is 4.07. The van der Waals surface area contributed by atoms with Gasteiger partial charge in [0.2, 0.25) is 0 Å². The third kappa shape index (κ3) is 5.33. The molecule has 0 radical (unpaired) electrons. The zero-order valence-corrected chi connectivity index (χ0v) is 18.0. The number of aromatic nitrogens is 2. The summed E-state index contributed by atoms with van der Waals surface area (Å²) in [5.41, 5.74) is 2.40. The first-order valence-corrected chi connectivity index (χ1v) is 10.5. The third-order valence-electron chi connectivity index (χ3n) is 5.03. The molecule has 1 N–H and O–H groups in total. The molecule has 0 aliphatic heterocycles. The minimum absolute atomic E-state index is 0.144. The lowest BCUT2D eigenvalue weighted by atomic mass is 10.1. The summed E-state index contributed by atoms with van der Waals surface area (Å²) in [4.78, 5) is 27.8. The number of benzene rings is 2. The lowest BCUT2D eigenvalue weighted by molar-refractivity contribution is 0.0945. The molecule has 158 valence electrons. The maximum Gasteiger partial charge on any atom is 0.274 e. The minimum Gasteiger partial charge on any atom is -0.347 e. The highest BCUT2D eigenvalue weighted by Crippen LogP contribution is 2.14. The Kier molecular flexibility index (Phi) is 7.36. The number of aryl methyl sites for hydroxylation is 1. The Morgan fingerprint density at radius 1 is 1.00 bits per heavy atom. The third-order valence-corrected chi connectivity index (χ3v) is 5.03. The lowest BCUT2D eigenvalue weighted by Crippen LogP contribution is -2.30. The van der Waals surface area contributed by atoms with E-state index in [9.17, 15) is 9.59 Å².